The van der Waals surface area contributed by atoms with Gasteiger partial charge in [0, 0.05) is 46.4 Å². The first kappa shape index (κ1) is 23.7. The Morgan fingerprint density at radius 2 is 2.03 bits per heavy atom. The third-order valence-electron chi connectivity index (χ3n) is 5.37. The first-order valence-electron chi connectivity index (χ1n) is 10.2. The van der Waals surface area contributed by atoms with Gasteiger partial charge in [-0.3, -0.25) is 9.79 Å². The number of hydrogen-bond acceptors (Lipinski definition) is 4. The van der Waals surface area contributed by atoms with E-state index in [1.165, 1.54) is 5.56 Å². The molecule has 1 amide bonds. The zero-order valence-corrected chi connectivity index (χ0v) is 19.8. The Morgan fingerprint density at radius 1 is 1.28 bits per heavy atom. The maximum Gasteiger partial charge on any atom is 0.251 e. The number of carbonyl (C=O) groups is 1. The summed E-state index contributed by atoms with van der Waals surface area (Å²) in [7, 11) is 3.51. The van der Waals surface area contributed by atoms with Crippen LogP contribution in [0.1, 0.15) is 24.8 Å². The summed E-state index contributed by atoms with van der Waals surface area (Å²) in [5, 5.41) is 3.45. The molecule has 29 heavy (non-hydrogen) atoms. The number of nitrogens with zero attached hydrogens (tertiary/aromatic N) is 3. The van der Waals surface area contributed by atoms with Crippen molar-refractivity contribution in [2.75, 3.05) is 53.5 Å². The van der Waals surface area contributed by atoms with Crippen LogP contribution < -0.4 is 10.1 Å². The lowest BCUT2D eigenvalue weighted by Gasteiger charge is -2.37. The van der Waals surface area contributed by atoms with Crippen molar-refractivity contribution in [2.24, 2.45) is 4.99 Å². The lowest BCUT2D eigenvalue weighted by atomic mass is 10.1. The van der Waals surface area contributed by atoms with Crippen molar-refractivity contribution < 1.29 is 14.3 Å². The number of methoxy groups -OCH3 is 1. The van der Waals surface area contributed by atoms with Crippen LogP contribution in [-0.2, 0) is 16.0 Å². The molecule has 0 saturated carbocycles. The number of amides is 1. The molecule has 2 fully saturated rings. The van der Waals surface area contributed by atoms with Gasteiger partial charge in [-0.05, 0) is 43.4 Å². The molecule has 0 aliphatic carbocycles. The highest BCUT2D eigenvalue weighted by Gasteiger charge is 2.30. The number of benzene rings is 1. The van der Waals surface area contributed by atoms with E-state index in [-0.39, 0.29) is 36.0 Å². The molecular weight excluding hydrogens is 483 g/mol. The summed E-state index contributed by atoms with van der Waals surface area (Å²) in [6.07, 6.45) is 3.63. The second-order valence-electron chi connectivity index (χ2n) is 7.24. The molecule has 7 nitrogen and oxygen atoms in total. The fourth-order valence-electron chi connectivity index (χ4n) is 3.77. The predicted molar refractivity (Wildman–Crippen MR) is 125 cm³/mol. The van der Waals surface area contributed by atoms with Gasteiger partial charge in [0.05, 0.1) is 7.11 Å². The first-order valence-corrected chi connectivity index (χ1v) is 10.2. The van der Waals surface area contributed by atoms with Gasteiger partial charge in [0.25, 0.3) is 5.91 Å². The van der Waals surface area contributed by atoms with Crippen molar-refractivity contribution in [3.05, 3.63) is 29.8 Å². The Morgan fingerprint density at radius 3 is 2.69 bits per heavy atom. The SMILES string of the molecule is CN=C(NCCCc1cccc(OC)c1)N1CCN(C(=O)C2CCCO2)CC1.I. The number of aliphatic imine (C=N–C) groups is 1. The van der Waals surface area contributed by atoms with Gasteiger partial charge in [-0.25, -0.2) is 0 Å². The van der Waals surface area contributed by atoms with Crippen molar-refractivity contribution >= 4 is 35.8 Å². The smallest absolute Gasteiger partial charge is 0.251 e. The standard InChI is InChI=1S/C21H32N4O3.HI/c1-22-21(23-10-4-7-17-6-3-8-18(16-17)27-2)25-13-11-24(12-14-25)20(26)19-9-5-15-28-19;/h3,6,8,16,19H,4-5,7,9-15H2,1-2H3,(H,22,23);1H. The quantitative estimate of drug-likeness (QED) is 0.272. The van der Waals surface area contributed by atoms with Crippen molar-refractivity contribution in [3.8, 4) is 5.75 Å². The third kappa shape index (κ3) is 6.74. The average molecular weight is 516 g/mol. The van der Waals surface area contributed by atoms with E-state index in [4.69, 9.17) is 9.47 Å². The second kappa shape index (κ2) is 12.2. The number of ether oxygens (including phenoxy) is 2. The van der Waals surface area contributed by atoms with E-state index in [2.05, 4.69) is 27.3 Å². The summed E-state index contributed by atoms with van der Waals surface area (Å²) < 4.78 is 10.8. The van der Waals surface area contributed by atoms with Crippen molar-refractivity contribution in [3.63, 3.8) is 0 Å². The van der Waals surface area contributed by atoms with Gasteiger partial charge < -0.3 is 24.6 Å². The number of rotatable bonds is 6. The molecule has 1 aromatic carbocycles. The average Bonchev–Trinajstić information content (AvgIpc) is 3.28. The van der Waals surface area contributed by atoms with Crippen LogP contribution in [0.3, 0.4) is 0 Å². The lowest BCUT2D eigenvalue weighted by Crippen LogP contribution is -2.55. The van der Waals surface area contributed by atoms with Crippen LogP contribution in [0.4, 0.5) is 0 Å². The number of guanidine groups is 1. The van der Waals surface area contributed by atoms with Gasteiger partial charge in [-0.1, -0.05) is 12.1 Å². The number of aryl methyl sites for hydroxylation is 1. The highest BCUT2D eigenvalue weighted by Crippen LogP contribution is 2.16. The van der Waals surface area contributed by atoms with Crippen LogP contribution in [0.5, 0.6) is 5.75 Å². The predicted octanol–water partition coefficient (Wildman–Crippen LogP) is 2.14. The van der Waals surface area contributed by atoms with Crippen molar-refractivity contribution in [2.45, 2.75) is 31.8 Å². The molecule has 0 bridgehead atoms. The molecule has 1 unspecified atom stereocenters. The van der Waals surface area contributed by atoms with Crippen LogP contribution in [0, 0.1) is 0 Å². The van der Waals surface area contributed by atoms with E-state index in [1.807, 2.05) is 24.1 Å². The normalized spacial score (nSPS) is 19.7. The summed E-state index contributed by atoms with van der Waals surface area (Å²) in [6.45, 7) is 4.62. The van der Waals surface area contributed by atoms with E-state index in [9.17, 15) is 4.79 Å². The third-order valence-corrected chi connectivity index (χ3v) is 5.37. The molecule has 1 N–H and O–H groups in total. The molecule has 8 heteroatoms. The zero-order valence-electron chi connectivity index (χ0n) is 17.4. The number of hydrogen-bond donors (Lipinski definition) is 1. The number of carbonyl (C=O) groups excluding carboxylic acids is 1. The Labute approximate surface area is 190 Å². The summed E-state index contributed by atoms with van der Waals surface area (Å²) in [5.41, 5.74) is 1.28. The minimum atomic E-state index is -0.222. The zero-order chi connectivity index (χ0) is 19.8. The molecule has 1 atom stereocenters. The van der Waals surface area contributed by atoms with E-state index in [0.717, 1.165) is 70.1 Å². The molecule has 0 spiro atoms. The van der Waals surface area contributed by atoms with Crippen LogP contribution in [0.15, 0.2) is 29.3 Å². The molecule has 0 aromatic heterocycles. The number of halogens is 1. The topological polar surface area (TPSA) is 66.4 Å². The van der Waals surface area contributed by atoms with Gasteiger partial charge in [0.1, 0.15) is 11.9 Å². The van der Waals surface area contributed by atoms with Crippen molar-refractivity contribution in [1.82, 2.24) is 15.1 Å². The van der Waals surface area contributed by atoms with E-state index in [1.54, 1.807) is 7.11 Å². The summed E-state index contributed by atoms with van der Waals surface area (Å²) in [5.74, 6) is 1.96. The lowest BCUT2D eigenvalue weighted by molar-refractivity contribution is -0.142. The molecule has 162 valence electrons. The van der Waals surface area contributed by atoms with Gasteiger partial charge in [0.2, 0.25) is 0 Å². The van der Waals surface area contributed by atoms with Gasteiger partial charge >= 0.3 is 0 Å². The van der Waals surface area contributed by atoms with Crippen molar-refractivity contribution in [1.29, 1.82) is 0 Å². The molecule has 2 saturated heterocycles. The van der Waals surface area contributed by atoms with E-state index >= 15 is 0 Å². The molecular formula is C21H33IN4O3. The summed E-state index contributed by atoms with van der Waals surface area (Å²) in [4.78, 5) is 21.0. The molecule has 2 aliphatic rings. The maximum atomic E-state index is 12.5. The second-order valence-corrected chi connectivity index (χ2v) is 7.24. The Balaban J connectivity index is 0.00000300. The fourth-order valence-corrected chi connectivity index (χ4v) is 3.77. The molecule has 2 heterocycles. The number of nitrogens with one attached hydrogen (secondary N) is 1. The monoisotopic (exact) mass is 516 g/mol. The largest absolute Gasteiger partial charge is 0.497 e. The van der Waals surface area contributed by atoms with E-state index < -0.39 is 0 Å². The minimum Gasteiger partial charge on any atom is -0.497 e. The fraction of sp³-hybridized carbons (Fsp3) is 0.619. The Kier molecular flexibility index (Phi) is 9.99. The number of piperazine rings is 1. The van der Waals surface area contributed by atoms with Crippen LogP contribution in [0.2, 0.25) is 0 Å². The van der Waals surface area contributed by atoms with E-state index in [0.29, 0.717) is 6.61 Å². The highest BCUT2D eigenvalue weighted by atomic mass is 127. The van der Waals surface area contributed by atoms with Crippen LogP contribution in [0.25, 0.3) is 0 Å². The van der Waals surface area contributed by atoms with Gasteiger partial charge in [0.15, 0.2) is 5.96 Å². The highest BCUT2D eigenvalue weighted by molar-refractivity contribution is 14.0. The molecule has 0 radical (unpaired) electrons. The summed E-state index contributed by atoms with van der Waals surface area (Å²) >= 11 is 0. The first-order chi connectivity index (χ1) is 13.7. The summed E-state index contributed by atoms with van der Waals surface area (Å²) in [6, 6.07) is 8.20. The molecule has 1 aromatic rings. The maximum absolute atomic E-state index is 12.5. The molecule has 2 aliphatic heterocycles. The van der Waals surface area contributed by atoms with Crippen LogP contribution in [-0.4, -0.2) is 81.3 Å². The van der Waals surface area contributed by atoms with Gasteiger partial charge in [-0.2, -0.15) is 0 Å². The Bertz CT molecular complexity index is 672. The van der Waals surface area contributed by atoms with Gasteiger partial charge in [-0.15, -0.1) is 24.0 Å². The molecule has 3 rings (SSSR count). The van der Waals surface area contributed by atoms with Crippen LogP contribution >= 0.6 is 24.0 Å². The minimum absolute atomic E-state index is 0. The Hall–Kier alpha value is -1.55.